The molecule has 65 heavy (non-hydrogen) atoms. The molecule has 11 nitrogen and oxygen atoms in total. The zero-order valence-electron chi connectivity index (χ0n) is 36.9. The van der Waals surface area contributed by atoms with Gasteiger partial charge in [0.1, 0.15) is 29.1 Å². The standard InChI is InChI=1S/C52H56ClFN4O7/c1-63-44-26-43(41(54)24-37(44)46-35(32-5-3-2-4-6-32)9-7-33-23-34(59)8-10-36(33)46)57-21-17-52(18-22-57)14-13-31(29-65-52)27-56-19-15-51(16-20-56)30-64-48-38-28-58(42-11-12-45(60)55-49(42)61)50(62)47(38)40(53)25-39(48)51/h2-6,8,10,23-26,31,35,42,46,59H,7,9,11-22,27-30H2,1H3,(H,55,60,61)/t31-,35+,42?,46-/m0/s1. The zero-order valence-corrected chi connectivity index (χ0v) is 37.6. The Hall–Kier alpha value is -5.17. The van der Waals surface area contributed by atoms with Crippen molar-refractivity contribution in [3.8, 4) is 17.2 Å². The highest BCUT2D eigenvalue weighted by atomic mass is 35.5. The molecule has 2 N–H and O–H groups in total. The van der Waals surface area contributed by atoms with Crippen LogP contribution in [0.2, 0.25) is 5.02 Å². The summed E-state index contributed by atoms with van der Waals surface area (Å²) >= 11 is 6.85. The largest absolute Gasteiger partial charge is 0.508 e. The fraction of sp³-hybridized carbons (Fsp3) is 0.481. The number of amides is 3. The Kier molecular flexibility index (Phi) is 10.9. The lowest BCUT2D eigenvalue weighted by molar-refractivity contribution is -0.136. The average Bonchev–Trinajstić information content (AvgIpc) is 3.85. The van der Waals surface area contributed by atoms with Crippen molar-refractivity contribution in [1.29, 1.82) is 0 Å². The lowest BCUT2D eigenvalue weighted by Gasteiger charge is -2.47. The lowest BCUT2D eigenvalue weighted by atomic mass is 9.69. The molecule has 13 heteroatoms. The van der Waals surface area contributed by atoms with Gasteiger partial charge in [0.05, 0.1) is 48.7 Å². The summed E-state index contributed by atoms with van der Waals surface area (Å²) in [5, 5.41) is 13.1. The van der Waals surface area contributed by atoms with Crippen molar-refractivity contribution in [1.82, 2.24) is 15.1 Å². The first-order chi connectivity index (χ1) is 31.5. The summed E-state index contributed by atoms with van der Waals surface area (Å²) in [7, 11) is 1.67. The predicted octanol–water partition coefficient (Wildman–Crippen LogP) is 8.01. The van der Waals surface area contributed by atoms with Gasteiger partial charge in [0.2, 0.25) is 11.8 Å². The number of aryl methyl sites for hydroxylation is 1. The highest BCUT2D eigenvalue weighted by Gasteiger charge is 2.49. The highest BCUT2D eigenvalue weighted by Crippen LogP contribution is 2.53. The van der Waals surface area contributed by atoms with Crippen LogP contribution in [0.3, 0.4) is 0 Å². The van der Waals surface area contributed by atoms with Crippen molar-refractivity contribution < 1.29 is 38.1 Å². The maximum Gasteiger partial charge on any atom is 0.256 e. The Morgan fingerprint density at radius 2 is 1.71 bits per heavy atom. The first-order valence-electron chi connectivity index (χ1n) is 23.5. The maximum atomic E-state index is 16.5. The quantitative estimate of drug-likeness (QED) is 0.178. The molecule has 3 amide bonds. The van der Waals surface area contributed by atoms with Crippen LogP contribution in [0.5, 0.6) is 17.2 Å². The van der Waals surface area contributed by atoms with Crippen molar-refractivity contribution in [2.75, 3.05) is 57.9 Å². The van der Waals surface area contributed by atoms with E-state index in [9.17, 15) is 19.5 Å². The molecule has 4 saturated heterocycles. The van der Waals surface area contributed by atoms with E-state index in [1.54, 1.807) is 19.2 Å². The van der Waals surface area contributed by atoms with E-state index in [4.69, 9.17) is 25.8 Å². The molecule has 4 aromatic rings. The molecule has 0 saturated carbocycles. The van der Waals surface area contributed by atoms with E-state index in [2.05, 4.69) is 39.4 Å². The summed E-state index contributed by atoms with van der Waals surface area (Å²) < 4.78 is 35.8. The van der Waals surface area contributed by atoms with E-state index in [0.717, 1.165) is 105 Å². The minimum Gasteiger partial charge on any atom is -0.508 e. The number of methoxy groups -OCH3 is 1. The number of imide groups is 1. The van der Waals surface area contributed by atoms with Crippen molar-refractivity contribution in [2.45, 2.75) is 99.6 Å². The van der Waals surface area contributed by atoms with Crippen molar-refractivity contribution >= 4 is 35.0 Å². The predicted molar refractivity (Wildman–Crippen MR) is 244 cm³/mol. The number of benzene rings is 4. The van der Waals surface area contributed by atoms with Gasteiger partial charge in [-0.2, -0.15) is 0 Å². The van der Waals surface area contributed by atoms with Gasteiger partial charge in [0.25, 0.3) is 5.91 Å². The monoisotopic (exact) mass is 902 g/mol. The number of ether oxygens (including phenoxy) is 3. The number of hydrogen-bond acceptors (Lipinski definition) is 9. The Morgan fingerprint density at radius 1 is 0.908 bits per heavy atom. The summed E-state index contributed by atoms with van der Waals surface area (Å²) in [6, 6.07) is 20.9. The van der Waals surface area contributed by atoms with Crippen molar-refractivity contribution in [3.05, 3.63) is 117 Å². The summed E-state index contributed by atoms with van der Waals surface area (Å²) in [6.45, 7) is 5.73. The molecule has 4 aromatic carbocycles. The van der Waals surface area contributed by atoms with E-state index < -0.39 is 11.9 Å². The maximum absolute atomic E-state index is 16.5. The number of aromatic hydroxyl groups is 1. The lowest BCUT2D eigenvalue weighted by Crippen LogP contribution is -2.52. The molecular formula is C52H56ClFN4O7. The second-order valence-electron chi connectivity index (χ2n) is 19.7. The van der Waals surface area contributed by atoms with Crippen LogP contribution in [0.1, 0.15) is 113 Å². The van der Waals surface area contributed by atoms with E-state index >= 15 is 4.39 Å². The molecule has 1 aliphatic carbocycles. The number of likely N-dealkylation sites (tertiary alicyclic amines) is 1. The number of nitrogens with one attached hydrogen (secondary N) is 1. The van der Waals surface area contributed by atoms with Crippen LogP contribution in [-0.4, -0.2) is 97.3 Å². The van der Waals surface area contributed by atoms with Gasteiger partial charge in [-0.25, -0.2) is 4.39 Å². The van der Waals surface area contributed by atoms with E-state index in [0.29, 0.717) is 60.7 Å². The number of halogens is 2. The zero-order chi connectivity index (χ0) is 44.6. The van der Waals surface area contributed by atoms with Gasteiger partial charge in [-0.3, -0.25) is 19.7 Å². The first kappa shape index (κ1) is 42.5. The molecule has 4 fully saturated rings. The summed E-state index contributed by atoms with van der Waals surface area (Å²) in [6.07, 6.45) is 7.82. The van der Waals surface area contributed by atoms with Crippen LogP contribution < -0.4 is 19.7 Å². The number of carbonyl (C=O) groups excluding carboxylic acids is 3. The van der Waals surface area contributed by atoms with Crippen LogP contribution in [0.25, 0.3) is 0 Å². The molecule has 4 atom stereocenters. The summed E-state index contributed by atoms with van der Waals surface area (Å²) in [5.74, 6) is 0.833. The number of rotatable bonds is 7. The van der Waals surface area contributed by atoms with Gasteiger partial charge < -0.3 is 34.0 Å². The van der Waals surface area contributed by atoms with Crippen molar-refractivity contribution in [3.63, 3.8) is 0 Å². The van der Waals surface area contributed by atoms with E-state index in [-0.39, 0.29) is 59.2 Å². The van der Waals surface area contributed by atoms with E-state index in [1.165, 1.54) is 10.5 Å². The first-order valence-corrected chi connectivity index (χ1v) is 23.9. The third kappa shape index (κ3) is 7.44. The van der Waals surface area contributed by atoms with Gasteiger partial charge >= 0.3 is 0 Å². The molecule has 0 aromatic heterocycles. The third-order valence-electron chi connectivity index (χ3n) is 16.2. The normalized spacial score (nSPS) is 25.9. The number of hydrogen-bond donors (Lipinski definition) is 2. The number of phenolic OH excluding ortho intramolecular Hbond substituents is 1. The van der Waals surface area contributed by atoms with Crippen LogP contribution in [-0.2, 0) is 32.7 Å². The average molecular weight is 903 g/mol. The fourth-order valence-corrected chi connectivity index (χ4v) is 12.9. The summed E-state index contributed by atoms with van der Waals surface area (Å²) in [4.78, 5) is 44.3. The molecule has 0 bridgehead atoms. The minimum atomic E-state index is -0.707. The highest BCUT2D eigenvalue weighted by molar-refractivity contribution is 6.34. The Morgan fingerprint density at radius 3 is 2.45 bits per heavy atom. The minimum absolute atomic E-state index is 0.123. The molecule has 1 unspecified atom stereocenters. The fourth-order valence-electron chi connectivity index (χ4n) is 12.6. The van der Waals surface area contributed by atoms with Crippen LogP contribution in [0, 0.1) is 11.7 Å². The number of nitrogens with zero attached hydrogens (tertiary/aromatic N) is 3. The molecule has 7 aliphatic rings. The number of fused-ring (bicyclic) bond motifs is 5. The Balaban J connectivity index is 0.710. The van der Waals surface area contributed by atoms with Gasteiger partial charge in [-0.05, 0) is 124 Å². The third-order valence-corrected chi connectivity index (χ3v) is 16.5. The number of phenols is 1. The Bertz CT molecular complexity index is 2550. The smallest absolute Gasteiger partial charge is 0.256 e. The van der Waals surface area contributed by atoms with Gasteiger partial charge in [0.15, 0.2) is 0 Å². The molecule has 11 rings (SSSR count). The number of carbonyl (C=O) groups is 3. The molecule has 6 aliphatic heterocycles. The van der Waals surface area contributed by atoms with Gasteiger partial charge in [-0.1, -0.05) is 48.0 Å². The second-order valence-corrected chi connectivity index (χ2v) is 20.1. The molecule has 340 valence electrons. The number of anilines is 1. The topological polar surface area (TPSA) is 121 Å². The molecule has 6 heterocycles. The SMILES string of the molecule is COc1cc(N2CCC3(CC[C@@H](CN4CCC5(CC4)COc4c5cc(Cl)c5c4CN(C4CCC(=O)NC4=O)C5=O)CO3)CC2)c(F)cc1[C@@H]1c2ccc(O)cc2CC[C@@H]1c1ccccc1. The van der Waals surface area contributed by atoms with Crippen molar-refractivity contribution in [2.24, 2.45) is 5.92 Å². The van der Waals surface area contributed by atoms with E-state index in [1.807, 2.05) is 30.3 Å². The second kappa shape index (κ2) is 16.6. The van der Waals surface area contributed by atoms with Crippen LogP contribution in [0.4, 0.5) is 10.1 Å². The molecule has 0 radical (unpaired) electrons. The van der Waals surface area contributed by atoms with Gasteiger partial charge in [0, 0.05) is 60.1 Å². The Labute approximate surface area is 384 Å². The van der Waals surface area contributed by atoms with Gasteiger partial charge in [-0.15, -0.1) is 0 Å². The number of piperidine rings is 3. The van der Waals surface area contributed by atoms with Crippen LogP contribution in [0.15, 0.2) is 66.7 Å². The summed E-state index contributed by atoms with van der Waals surface area (Å²) in [5.41, 5.74) is 6.67. The molecular weight excluding hydrogens is 847 g/mol. The van der Waals surface area contributed by atoms with Crippen LogP contribution >= 0.6 is 11.6 Å². The molecule has 2 spiro atoms.